The van der Waals surface area contributed by atoms with Crippen molar-refractivity contribution in [3.05, 3.63) is 46.9 Å². The van der Waals surface area contributed by atoms with Crippen LogP contribution >= 0.6 is 0 Å². The van der Waals surface area contributed by atoms with Crippen molar-refractivity contribution in [1.82, 2.24) is 9.97 Å². The van der Waals surface area contributed by atoms with Gasteiger partial charge in [0.25, 0.3) is 0 Å². The number of hydrogen-bond acceptors (Lipinski definition) is 4. The molecule has 0 aliphatic carbocycles. The lowest BCUT2D eigenvalue weighted by molar-refractivity contribution is 0.0696. The fourth-order valence-corrected chi connectivity index (χ4v) is 1.77. The highest BCUT2D eigenvalue weighted by Crippen LogP contribution is 2.20. The van der Waals surface area contributed by atoms with E-state index in [0.29, 0.717) is 16.9 Å². The Morgan fingerprint density at radius 2 is 2.00 bits per heavy atom. The van der Waals surface area contributed by atoms with E-state index >= 15 is 0 Å². The molecule has 2 rings (SSSR count). The fourth-order valence-electron chi connectivity index (χ4n) is 1.77. The third-order valence-corrected chi connectivity index (χ3v) is 2.80. The van der Waals surface area contributed by atoms with Crippen molar-refractivity contribution >= 4 is 17.5 Å². The molecule has 2 N–H and O–H groups in total. The van der Waals surface area contributed by atoms with Crippen LogP contribution in [0.1, 0.15) is 27.3 Å². The number of aromatic nitrogens is 2. The Morgan fingerprint density at radius 1 is 1.26 bits per heavy atom. The second kappa shape index (κ2) is 5.06. The van der Waals surface area contributed by atoms with Crippen LogP contribution in [-0.2, 0) is 0 Å². The Kier molecular flexibility index (Phi) is 3.46. The van der Waals surface area contributed by atoms with Gasteiger partial charge in [-0.25, -0.2) is 9.78 Å². The maximum atomic E-state index is 10.9. The lowest BCUT2D eigenvalue weighted by atomic mass is 10.1. The van der Waals surface area contributed by atoms with Gasteiger partial charge < -0.3 is 10.4 Å². The highest BCUT2D eigenvalue weighted by molar-refractivity contribution is 5.90. The zero-order valence-corrected chi connectivity index (χ0v) is 11.1. The first-order valence-corrected chi connectivity index (χ1v) is 5.88. The Hall–Kier alpha value is -2.43. The van der Waals surface area contributed by atoms with Gasteiger partial charge in [0.05, 0.1) is 17.0 Å². The molecule has 0 radical (unpaired) electrons. The number of anilines is 2. The Balaban J connectivity index is 2.31. The summed E-state index contributed by atoms with van der Waals surface area (Å²) in [4.78, 5) is 19.5. The second-order valence-corrected chi connectivity index (χ2v) is 4.41. The van der Waals surface area contributed by atoms with E-state index in [1.54, 1.807) is 31.3 Å². The molecule has 5 heteroatoms. The number of nitrogens with zero attached hydrogens (tertiary/aromatic N) is 2. The number of carboxylic acids is 1. The van der Waals surface area contributed by atoms with Crippen molar-refractivity contribution in [2.24, 2.45) is 0 Å². The fraction of sp³-hybridized carbons (Fsp3) is 0.214. The summed E-state index contributed by atoms with van der Waals surface area (Å²) in [6.45, 7) is 5.51. The van der Waals surface area contributed by atoms with Crippen LogP contribution in [0.3, 0.4) is 0 Å². The summed E-state index contributed by atoms with van der Waals surface area (Å²) in [6, 6.07) is 5.09. The van der Waals surface area contributed by atoms with Crippen molar-refractivity contribution in [3.8, 4) is 0 Å². The molecule has 5 nitrogen and oxygen atoms in total. The molecule has 0 amide bonds. The lowest BCUT2D eigenvalue weighted by Crippen LogP contribution is -2.03. The van der Waals surface area contributed by atoms with Gasteiger partial charge in [-0.3, -0.25) is 4.98 Å². The Bertz CT molecular complexity index is 639. The predicted octanol–water partition coefficient (Wildman–Crippen LogP) is 2.84. The van der Waals surface area contributed by atoms with Gasteiger partial charge in [0.15, 0.2) is 5.82 Å². The molecule has 1 heterocycles. The van der Waals surface area contributed by atoms with Gasteiger partial charge >= 0.3 is 5.97 Å². The zero-order valence-electron chi connectivity index (χ0n) is 11.1. The molecule has 0 aliphatic heterocycles. The van der Waals surface area contributed by atoms with E-state index in [1.807, 2.05) is 13.8 Å². The minimum absolute atomic E-state index is 0.303. The highest BCUT2D eigenvalue weighted by Gasteiger charge is 2.08. The zero-order chi connectivity index (χ0) is 14.0. The van der Waals surface area contributed by atoms with Crippen LogP contribution in [-0.4, -0.2) is 21.0 Å². The molecule has 0 spiro atoms. The van der Waals surface area contributed by atoms with Crippen LogP contribution < -0.4 is 5.32 Å². The standard InChI is InChI=1S/C14H15N3O2/c1-8-6-11(4-5-12(8)14(18)19)17-13-10(3)15-7-9(2)16-13/h4-7H,1-3H3,(H,16,17)(H,18,19). The van der Waals surface area contributed by atoms with Crippen LogP contribution in [0.5, 0.6) is 0 Å². The number of hydrogen-bond donors (Lipinski definition) is 2. The van der Waals surface area contributed by atoms with Gasteiger partial charge in [-0.2, -0.15) is 0 Å². The first-order chi connectivity index (χ1) is 8.97. The largest absolute Gasteiger partial charge is 0.478 e. The monoisotopic (exact) mass is 257 g/mol. The van der Waals surface area contributed by atoms with Crippen LogP contribution in [0.15, 0.2) is 24.4 Å². The van der Waals surface area contributed by atoms with E-state index in [9.17, 15) is 4.79 Å². The topological polar surface area (TPSA) is 75.1 Å². The summed E-state index contributed by atoms with van der Waals surface area (Å²) >= 11 is 0. The molecule has 19 heavy (non-hydrogen) atoms. The van der Waals surface area contributed by atoms with Gasteiger partial charge in [-0.05, 0) is 44.5 Å². The third-order valence-electron chi connectivity index (χ3n) is 2.80. The second-order valence-electron chi connectivity index (χ2n) is 4.41. The summed E-state index contributed by atoms with van der Waals surface area (Å²) < 4.78 is 0. The van der Waals surface area contributed by atoms with Gasteiger partial charge in [-0.1, -0.05) is 0 Å². The van der Waals surface area contributed by atoms with Crippen molar-refractivity contribution in [1.29, 1.82) is 0 Å². The normalized spacial score (nSPS) is 10.3. The van der Waals surface area contributed by atoms with Gasteiger partial charge in [0.1, 0.15) is 0 Å². The molecule has 0 atom stereocenters. The van der Waals surface area contributed by atoms with E-state index in [0.717, 1.165) is 17.1 Å². The molecule has 0 unspecified atom stereocenters. The quantitative estimate of drug-likeness (QED) is 0.884. The van der Waals surface area contributed by atoms with Gasteiger partial charge in [0.2, 0.25) is 0 Å². The first kappa shape index (κ1) is 13.0. The van der Waals surface area contributed by atoms with E-state index in [4.69, 9.17) is 5.11 Å². The van der Waals surface area contributed by atoms with Crippen molar-refractivity contribution < 1.29 is 9.90 Å². The summed E-state index contributed by atoms with van der Waals surface area (Å²) in [6.07, 6.45) is 1.71. The van der Waals surface area contributed by atoms with Gasteiger partial charge in [-0.15, -0.1) is 0 Å². The van der Waals surface area contributed by atoms with Gasteiger partial charge in [0, 0.05) is 11.9 Å². The predicted molar refractivity (Wildman–Crippen MR) is 72.9 cm³/mol. The summed E-state index contributed by atoms with van der Waals surface area (Å²) in [5.41, 5.74) is 3.43. The minimum atomic E-state index is -0.921. The van der Waals surface area contributed by atoms with Crippen molar-refractivity contribution in [2.45, 2.75) is 20.8 Å². The van der Waals surface area contributed by atoms with E-state index < -0.39 is 5.97 Å². The van der Waals surface area contributed by atoms with Crippen LogP contribution in [0.2, 0.25) is 0 Å². The highest BCUT2D eigenvalue weighted by atomic mass is 16.4. The van der Waals surface area contributed by atoms with Crippen LogP contribution in [0, 0.1) is 20.8 Å². The number of nitrogens with one attached hydrogen (secondary N) is 1. The summed E-state index contributed by atoms with van der Waals surface area (Å²) in [7, 11) is 0. The Labute approximate surface area is 111 Å². The molecule has 2 aromatic rings. The molecule has 0 saturated heterocycles. The average molecular weight is 257 g/mol. The first-order valence-electron chi connectivity index (χ1n) is 5.88. The lowest BCUT2D eigenvalue weighted by Gasteiger charge is -2.10. The molecule has 1 aromatic carbocycles. The molecule has 0 bridgehead atoms. The maximum absolute atomic E-state index is 10.9. The molecule has 98 valence electrons. The van der Waals surface area contributed by atoms with Crippen LogP contribution in [0.25, 0.3) is 0 Å². The minimum Gasteiger partial charge on any atom is -0.478 e. The smallest absolute Gasteiger partial charge is 0.335 e. The van der Waals surface area contributed by atoms with E-state index in [1.165, 1.54) is 0 Å². The number of aromatic carboxylic acids is 1. The number of carbonyl (C=O) groups is 1. The number of aryl methyl sites for hydroxylation is 3. The Morgan fingerprint density at radius 3 is 2.63 bits per heavy atom. The number of rotatable bonds is 3. The molecule has 0 aliphatic rings. The molecular formula is C14H15N3O2. The molecule has 1 aromatic heterocycles. The average Bonchev–Trinajstić information content (AvgIpc) is 2.33. The number of benzene rings is 1. The van der Waals surface area contributed by atoms with Crippen LogP contribution in [0.4, 0.5) is 11.5 Å². The molecule has 0 fully saturated rings. The summed E-state index contributed by atoms with van der Waals surface area (Å²) in [5, 5.41) is 12.1. The van der Waals surface area contributed by atoms with Crippen molar-refractivity contribution in [2.75, 3.05) is 5.32 Å². The SMILES string of the molecule is Cc1cnc(C)c(Nc2ccc(C(=O)O)c(C)c2)n1. The van der Waals surface area contributed by atoms with E-state index in [-0.39, 0.29) is 0 Å². The molecular weight excluding hydrogens is 242 g/mol. The molecule has 0 saturated carbocycles. The summed E-state index contributed by atoms with van der Waals surface area (Å²) in [5.74, 6) is -0.238. The van der Waals surface area contributed by atoms with E-state index in [2.05, 4.69) is 15.3 Å². The van der Waals surface area contributed by atoms with Crippen molar-refractivity contribution in [3.63, 3.8) is 0 Å². The third kappa shape index (κ3) is 2.88. The maximum Gasteiger partial charge on any atom is 0.335 e. The number of carboxylic acid groups (broad SMARTS) is 1.